The summed E-state index contributed by atoms with van der Waals surface area (Å²) in [4.78, 5) is 193. The largest absolute Gasteiger partial charge is 0.496 e. The Bertz CT molecular complexity index is 3710. The van der Waals surface area contributed by atoms with Gasteiger partial charge in [-0.1, -0.05) is 63.5 Å². The highest BCUT2D eigenvalue weighted by Gasteiger charge is 2.56. The Labute approximate surface area is 627 Å². The predicted molar refractivity (Wildman–Crippen MR) is 384 cm³/mol. The Kier molecular flexibility index (Phi) is 29.3. The third-order valence-electron chi connectivity index (χ3n) is 22.1. The predicted octanol–water partition coefficient (Wildman–Crippen LogP) is 4.79. The van der Waals surface area contributed by atoms with Crippen LogP contribution in [0.1, 0.15) is 133 Å². The molecule has 2 bridgehead atoms. The average molecular weight is 1520 g/mol. The van der Waals surface area contributed by atoms with E-state index in [1.807, 2.05) is 0 Å². The summed E-state index contributed by atoms with van der Waals surface area (Å²) in [5.74, 6) is -8.92. The minimum atomic E-state index is -4.83. The lowest BCUT2D eigenvalue weighted by Crippen LogP contribution is -2.68. The van der Waals surface area contributed by atoms with Gasteiger partial charge in [-0.2, -0.15) is 26.3 Å². The first-order chi connectivity index (χ1) is 50.8. The van der Waals surface area contributed by atoms with Crippen molar-refractivity contribution in [1.82, 2.24) is 59.6 Å². The molecule has 1 spiro atoms. The van der Waals surface area contributed by atoms with Gasteiger partial charge in [0.05, 0.1) is 43.9 Å². The first-order valence-corrected chi connectivity index (χ1v) is 36.6. The lowest BCUT2D eigenvalue weighted by Gasteiger charge is -2.51. The summed E-state index contributed by atoms with van der Waals surface area (Å²) in [7, 11) is 13.1. The van der Waals surface area contributed by atoms with Crippen molar-refractivity contribution >= 4 is 70.9 Å². The number of hydrogen-bond acceptors (Lipinski definition) is 14. The highest BCUT2D eigenvalue weighted by atomic mass is 19.4. The molecule has 10 atom stereocenters. The fraction of sp³-hybridized carbons (Fsp3) is 0.632. The molecule has 594 valence electrons. The van der Waals surface area contributed by atoms with Gasteiger partial charge in [0.2, 0.25) is 70.9 Å². The van der Waals surface area contributed by atoms with Crippen molar-refractivity contribution in [2.45, 2.75) is 196 Å². The second-order valence-electron chi connectivity index (χ2n) is 29.3. The van der Waals surface area contributed by atoms with E-state index in [1.54, 1.807) is 32.9 Å². The van der Waals surface area contributed by atoms with Crippen molar-refractivity contribution in [3.05, 3.63) is 76.9 Å². The standard InChI is InChI=1S/C76H104F6N12O14/c1-15-24-54-65(98)84-63(46(4)16-2)71(104)87(8)45-62(97)89(10)55-27-19-18-22-38-93(70(55)103)57(39-47-28-32-50(33-29-47)75(77,78)79)68(101)86(7)44-60(95)83-53(35-31-48-30-34-52(76(80,81)82)59(40-48)107-14)66(99)94-43-51(108-17-3)41-58(94)69(102)92(13)74(36-23-37-74)73(106)91(12)64(49-25-20-21-26-49)72(105)90(11)56(67(100)85(5)6)42-61(96)88(54)9/h1,18-19,28-30,32-34,40,46,49,51,53-58,63-64H,16-17,20-27,31,35-39,41-45H2,2-14H3,(H,83,95)(H,84,98)/b19-18-/t46-,51+,53+,54-,55-,56-,57-,58-,63-,64-/m0/s1. The number of aryl methyl sites for hydroxylation is 1. The summed E-state index contributed by atoms with van der Waals surface area (Å²) in [6, 6.07) is -4.77. The Morgan fingerprint density at radius 2 is 1.34 bits per heavy atom. The first-order valence-electron chi connectivity index (χ1n) is 36.6. The quantitative estimate of drug-likeness (QED) is 0.155. The molecule has 3 heterocycles. The van der Waals surface area contributed by atoms with E-state index >= 15 is 28.8 Å². The lowest BCUT2D eigenvalue weighted by molar-refractivity contribution is -0.166. The smallest absolute Gasteiger partial charge is 0.419 e. The Hall–Kier alpha value is -9.28. The van der Waals surface area contributed by atoms with Crippen molar-refractivity contribution < 1.29 is 93.4 Å². The molecule has 2 aliphatic carbocycles. The van der Waals surface area contributed by atoms with Crippen LogP contribution in [-0.4, -0.2) is 283 Å². The van der Waals surface area contributed by atoms with Crippen LogP contribution >= 0.6 is 0 Å². The number of benzene rings is 2. The molecule has 2 aromatic rings. The minimum absolute atomic E-state index is 0.0975. The molecule has 4 fully saturated rings. The SMILES string of the molecule is C#CC[C@H]1C(=O)N[C@@H]([C@@H](C)CC)C(=O)N(C)CC(=O)N(C)[C@H]2C/C=C\CCN(C2=O)[C@@H](Cc2ccc(C(F)(F)F)cc2)C(=O)N(C)CC(=O)N[C@H](CCc2ccc(C(F)(F)F)c(OC)c2)C(=O)N2C[C@H](OCC)C[C@H]2C(=O)N(C)C2(CCC2)C(=O)N(C)[C@@H](C2CCCC2)C(=O)N(C)[C@H](C(=O)N(C)C)CC(=O)N1C. The number of amides is 12. The molecule has 108 heavy (non-hydrogen) atoms. The highest BCUT2D eigenvalue weighted by molar-refractivity contribution is 6.01. The number of ether oxygens (including phenoxy) is 2. The molecule has 0 unspecified atom stereocenters. The first kappa shape index (κ1) is 86.0. The van der Waals surface area contributed by atoms with Crippen LogP contribution in [0.5, 0.6) is 5.75 Å². The minimum Gasteiger partial charge on any atom is -0.496 e. The summed E-state index contributed by atoms with van der Waals surface area (Å²) in [6.45, 7) is 3.21. The van der Waals surface area contributed by atoms with E-state index in [4.69, 9.17) is 15.9 Å². The fourth-order valence-electron chi connectivity index (χ4n) is 15.1. The van der Waals surface area contributed by atoms with Gasteiger partial charge in [0, 0.05) is 102 Å². The number of rotatable bonds is 13. The molecule has 2 saturated heterocycles. The van der Waals surface area contributed by atoms with Gasteiger partial charge in [0.25, 0.3) is 0 Å². The second-order valence-corrected chi connectivity index (χ2v) is 29.3. The number of fused-ring (bicyclic) bond motifs is 3. The van der Waals surface area contributed by atoms with E-state index in [9.17, 15) is 55.1 Å². The maximum absolute atomic E-state index is 15.7. The normalized spacial score (nSPS) is 26.0. The van der Waals surface area contributed by atoms with Crippen LogP contribution in [0, 0.1) is 24.2 Å². The van der Waals surface area contributed by atoms with Crippen molar-refractivity contribution in [1.29, 1.82) is 0 Å². The fourth-order valence-corrected chi connectivity index (χ4v) is 15.1. The van der Waals surface area contributed by atoms with Gasteiger partial charge in [-0.25, -0.2) is 0 Å². The van der Waals surface area contributed by atoms with E-state index in [0.717, 1.165) is 72.9 Å². The number of halogens is 6. The van der Waals surface area contributed by atoms with Gasteiger partial charge in [-0.15, -0.1) is 12.3 Å². The molecule has 12 amide bonds. The van der Waals surface area contributed by atoms with Crippen LogP contribution in [0.4, 0.5) is 26.3 Å². The molecule has 7 rings (SSSR count). The summed E-state index contributed by atoms with van der Waals surface area (Å²) in [5, 5.41) is 5.44. The molecule has 5 aliphatic rings. The molecular weight excluding hydrogens is 1420 g/mol. The van der Waals surface area contributed by atoms with Gasteiger partial charge >= 0.3 is 12.4 Å². The van der Waals surface area contributed by atoms with Crippen LogP contribution in [0.2, 0.25) is 0 Å². The van der Waals surface area contributed by atoms with Crippen molar-refractivity contribution in [2.24, 2.45) is 11.8 Å². The summed E-state index contributed by atoms with van der Waals surface area (Å²) < 4.78 is 95.7. The number of likely N-dealkylation sites (N-methyl/N-ethyl adjacent to an activating group) is 8. The van der Waals surface area contributed by atoms with E-state index < -0.39 is 204 Å². The van der Waals surface area contributed by atoms with Crippen LogP contribution in [0.15, 0.2) is 54.6 Å². The molecule has 2 saturated carbocycles. The van der Waals surface area contributed by atoms with Crippen LogP contribution in [0.25, 0.3) is 0 Å². The lowest BCUT2D eigenvalue weighted by atomic mass is 9.73. The zero-order valence-corrected chi connectivity index (χ0v) is 63.9. The monoisotopic (exact) mass is 1520 g/mol. The number of alkyl halides is 6. The van der Waals surface area contributed by atoms with Crippen LogP contribution < -0.4 is 15.4 Å². The van der Waals surface area contributed by atoms with Crippen molar-refractivity contribution in [3.8, 4) is 18.1 Å². The highest BCUT2D eigenvalue weighted by Crippen LogP contribution is 2.43. The van der Waals surface area contributed by atoms with Crippen molar-refractivity contribution in [2.75, 3.05) is 103 Å². The number of terminal acetylenes is 1. The number of nitrogens with one attached hydrogen (secondary N) is 2. The van der Waals surface area contributed by atoms with E-state index in [1.165, 1.54) is 89.1 Å². The maximum atomic E-state index is 15.7. The van der Waals surface area contributed by atoms with E-state index in [2.05, 4.69) is 16.6 Å². The molecule has 2 aromatic carbocycles. The van der Waals surface area contributed by atoms with E-state index in [0.29, 0.717) is 38.5 Å². The molecule has 2 N–H and O–H groups in total. The molecule has 0 aromatic heterocycles. The Balaban J connectivity index is 1.36. The van der Waals surface area contributed by atoms with Crippen LogP contribution in [-0.2, 0) is 87.5 Å². The summed E-state index contributed by atoms with van der Waals surface area (Å²) in [6.07, 6.45) is -0.227. The molecule has 0 radical (unpaired) electrons. The topological polar surface area (TPSA) is 280 Å². The van der Waals surface area contributed by atoms with Gasteiger partial charge in [-0.3, -0.25) is 57.5 Å². The van der Waals surface area contributed by atoms with E-state index in [-0.39, 0.29) is 75.8 Å². The average Bonchev–Trinajstić information content (AvgIpc) is 1.17. The van der Waals surface area contributed by atoms with Crippen LogP contribution in [0.3, 0.4) is 0 Å². The van der Waals surface area contributed by atoms with Gasteiger partial charge < -0.3 is 69.1 Å². The van der Waals surface area contributed by atoms with Gasteiger partial charge in [0.15, 0.2) is 0 Å². The molecule has 3 aliphatic heterocycles. The zero-order valence-electron chi connectivity index (χ0n) is 63.9. The Morgan fingerprint density at radius 3 is 1.92 bits per heavy atom. The summed E-state index contributed by atoms with van der Waals surface area (Å²) >= 11 is 0. The second kappa shape index (κ2) is 36.7. The number of hydrogen-bond donors (Lipinski definition) is 2. The number of methoxy groups -OCH3 is 1. The molecule has 26 nitrogen and oxygen atoms in total. The van der Waals surface area contributed by atoms with Gasteiger partial charge in [-0.05, 0) is 112 Å². The third-order valence-corrected chi connectivity index (χ3v) is 22.1. The molecular formula is C76H104F6N12O14. The van der Waals surface area contributed by atoms with Crippen molar-refractivity contribution in [3.63, 3.8) is 0 Å². The zero-order chi connectivity index (χ0) is 80.2. The number of nitrogens with zero attached hydrogens (tertiary/aromatic N) is 10. The Morgan fingerprint density at radius 1 is 0.704 bits per heavy atom. The molecule has 32 heteroatoms. The number of carbonyl (C=O) groups is 12. The van der Waals surface area contributed by atoms with Gasteiger partial charge in [0.1, 0.15) is 59.6 Å². The summed E-state index contributed by atoms with van der Waals surface area (Å²) in [5.41, 5.74) is -3.38. The number of carbonyl (C=O) groups excluding carboxylic acids is 12. The maximum Gasteiger partial charge on any atom is 0.419 e. The third kappa shape index (κ3) is 19.8.